The van der Waals surface area contributed by atoms with E-state index in [1.807, 2.05) is 13.8 Å². The summed E-state index contributed by atoms with van der Waals surface area (Å²) >= 11 is 0. The van der Waals surface area contributed by atoms with Gasteiger partial charge in [0.15, 0.2) is 0 Å². The molecular weight excluding hydrogens is 208 g/mol. The fraction of sp³-hybridized carbons (Fsp3) is 0.750. The number of allylic oxidation sites excluding steroid dienone is 2. The molecule has 1 heteroatoms. The molecule has 0 heterocycles. The van der Waals surface area contributed by atoms with Crippen molar-refractivity contribution >= 4 is 0 Å². The largest absolute Gasteiger partial charge is 0.502 e. The molecule has 1 saturated carbocycles. The van der Waals surface area contributed by atoms with Crippen LogP contribution in [0.2, 0.25) is 0 Å². The minimum atomic E-state index is 0.862. The maximum atomic E-state index is 5.25. The summed E-state index contributed by atoms with van der Waals surface area (Å²) < 4.78 is 5.25. The van der Waals surface area contributed by atoms with Crippen molar-refractivity contribution in [1.82, 2.24) is 0 Å². The fourth-order valence-electron chi connectivity index (χ4n) is 3.24. The highest BCUT2D eigenvalue weighted by molar-refractivity contribution is 4.94. The van der Waals surface area contributed by atoms with Crippen LogP contribution >= 0.6 is 0 Å². The van der Waals surface area contributed by atoms with Gasteiger partial charge in [0.2, 0.25) is 0 Å². The van der Waals surface area contributed by atoms with Gasteiger partial charge >= 0.3 is 0 Å². The van der Waals surface area contributed by atoms with Gasteiger partial charge in [0.1, 0.15) is 0 Å². The van der Waals surface area contributed by atoms with Gasteiger partial charge in [-0.25, -0.2) is 0 Å². The smallest absolute Gasteiger partial charge is 0.0875 e. The van der Waals surface area contributed by atoms with Gasteiger partial charge in [-0.3, -0.25) is 0 Å². The maximum absolute atomic E-state index is 5.25. The van der Waals surface area contributed by atoms with Gasteiger partial charge in [-0.15, -0.1) is 0 Å². The summed E-state index contributed by atoms with van der Waals surface area (Å²) in [6.07, 6.45) is 14.5. The van der Waals surface area contributed by atoms with E-state index in [4.69, 9.17) is 4.74 Å². The van der Waals surface area contributed by atoms with Crippen LogP contribution in [0, 0.1) is 17.8 Å². The normalized spacial score (nSPS) is 32.7. The summed E-state index contributed by atoms with van der Waals surface area (Å²) in [5.74, 6) is 2.83. The van der Waals surface area contributed by atoms with E-state index in [9.17, 15) is 0 Å². The van der Waals surface area contributed by atoms with E-state index in [1.165, 1.54) is 38.5 Å². The van der Waals surface area contributed by atoms with Crippen LogP contribution in [0.4, 0.5) is 0 Å². The molecule has 2 bridgehead atoms. The highest BCUT2D eigenvalue weighted by Crippen LogP contribution is 2.43. The van der Waals surface area contributed by atoms with E-state index < -0.39 is 0 Å². The summed E-state index contributed by atoms with van der Waals surface area (Å²) in [7, 11) is 0. The van der Waals surface area contributed by atoms with E-state index in [2.05, 4.69) is 18.7 Å². The molecule has 98 valence electrons. The maximum Gasteiger partial charge on any atom is 0.0875 e. The van der Waals surface area contributed by atoms with Gasteiger partial charge < -0.3 is 4.74 Å². The summed E-state index contributed by atoms with van der Waals surface area (Å²) in [4.78, 5) is 0. The van der Waals surface area contributed by atoms with E-state index in [1.54, 1.807) is 6.26 Å². The van der Waals surface area contributed by atoms with Crippen LogP contribution in [-0.2, 0) is 4.74 Å². The van der Waals surface area contributed by atoms with Crippen molar-refractivity contribution in [3.8, 4) is 0 Å². The Balaban J connectivity index is 0.000000686. The molecule has 2 rings (SSSR count). The quantitative estimate of drug-likeness (QED) is 0.381. The van der Waals surface area contributed by atoms with E-state index in [-0.39, 0.29) is 0 Å². The van der Waals surface area contributed by atoms with Crippen molar-refractivity contribution in [3.05, 3.63) is 25.0 Å². The van der Waals surface area contributed by atoms with Crippen molar-refractivity contribution in [2.45, 2.75) is 52.4 Å². The van der Waals surface area contributed by atoms with Crippen LogP contribution in [0.25, 0.3) is 0 Å². The molecule has 3 atom stereocenters. The average molecular weight is 236 g/mol. The average Bonchev–Trinajstić information content (AvgIpc) is 2.74. The predicted octanol–water partition coefficient (Wildman–Crippen LogP) is 4.95. The first-order valence-electron chi connectivity index (χ1n) is 7.27. The van der Waals surface area contributed by atoms with E-state index >= 15 is 0 Å². The topological polar surface area (TPSA) is 9.23 Å². The third-order valence-corrected chi connectivity index (χ3v) is 4.01. The van der Waals surface area contributed by atoms with Crippen LogP contribution < -0.4 is 0 Å². The lowest BCUT2D eigenvalue weighted by Gasteiger charge is -2.17. The second-order valence-electron chi connectivity index (χ2n) is 4.97. The highest BCUT2D eigenvalue weighted by Gasteiger charge is 2.33. The monoisotopic (exact) mass is 236 g/mol. The Bertz CT molecular complexity index is 232. The molecule has 1 nitrogen and oxygen atoms in total. The summed E-state index contributed by atoms with van der Waals surface area (Å²) in [6, 6.07) is 0. The molecule has 0 amide bonds. The fourth-order valence-corrected chi connectivity index (χ4v) is 3.24. The zero-order chi connectivity index (χ0) is 12.5. The molecule has 0 saturated heterocycles. The zero-order valence-corrected chi connectivity index (χ0v) is 11.5. The van der Waals surface area contributed by atoms with Crippen LogP contribution in [0.5, 0.6) is 0 Å². The van der Waals surface area contributed by atoms with Gasteiger partial charge in [-0.05, 0) is 56.3 Å². The first-order valence-corrected chi connectivity index (χ1v) is 7.27. The SMILES string of the molecule is C=COCCC1CC2CC/C=C\CC1C2.CC. The zero-order valence-electron chi connectivity index (χ0n) is 11.5. The highest BCUT2D eigenvalue weighted by atomic mass is 16.5. The Hall–Kier alpha value is -0.720. The lowest BCUT2D eigenvalue weighted by molar-refractivity contribution is 0.206. The van der Waals surface area contributed by atoms with Crippen LogP contribution in [0.1, 0.15) is 52.4 Å². The molecule has 2 aliphatic carbocycles. The summed E-state index contributed by atoms with van der Waals surface area (Å²) in [5.41, 5.74) is 0. The third kappa shape index (κ3) is 4.57. The Labute approximate surface area is 107 Å². The number of rotatable bonds is 4. The number of hydrogen-bond acceptors (Lipinski definition) is 1. The molecule has 0 aromatic rings. The van der Waals surface area contributed by atoms with Crippen molar-refractivity contribution in [2.24, 2.45) is 17.8 Å². The molecular formula is C16H28O. The molecule has 0 aliphatic heterocycles. The Morgan fingerprint density at radius 3 is 2.88 bits per heavy atom. The standard InChI is InChI=1S/C14H22O.C2H6/c1-2-15-9-8-14-11-12-6-4-3-5-7-13(14)10-12;1-2/h2-3,5,12-14H,1,4,6-11H2;1-2H3/b5-3-;. The van der Waals surface area contributed by atoms with Crippen molar-refractivity contribution < 1.29 is 4.74 Å². The van der Waals surface area contributed by atoms with Gasteiger partial charge in [-0.2, -0.15) is 0 Å². The Kier molecular flexibility index (Phi) is 7.07. The third-order valence-electron chi connectivity index (χ3n) is 4.01. The summed E-state index contributed by atoms with van der Waals surface area (Å²) in [6.45, 7) is 8.45. The molecule has 0 spiro atoms. The Morgan fingerprint density at radius 1 is 1.29 bits per heavy atom. The molecule has 0 aromatic heterocycles. The lowest BCUT2D eigenvalue weighted by Crippen LogP contribution is -2.09. The number of ether oxygens (including phenoxy) is 1. The Morgan fingerprint density at radius 2 is 2.12 bits per heavy atom. The molecule has 0 N–H and O–H groups in total. The van der Waals surface area contributed by atoms with Crippen LogP contribution in [-0.4, -0.2) is 6.61 Å². The molecule has 0 radical (unpaired) electrons. The first-order chi connectivity index (χ1) is 8.40. The number of hydrogen-bond donors (Lipinski definition) is 0. The van der Waals surface area contributed by atoms with Crippen molar-refractivity contribution in [1.29, 1.82) is 0 Å². The van der Waals surface area contributed by atoms with Gasteiger partial charge in [0, 0.05) is 0 Å². The minimum absolute atomic E-state index is 0.862. The van der Waals surface area contributed by atoms with Crippen molar-refractivity contribution in [2.75, 3.05) is 6.61 Å². The van der Waals surface area contributed by atoms with Gasteiger partial charge in [0.25, 0.3) is 0 Å². The molecule has 1 fully saturated rings. The van der Waals surface area contributed by atoms with Crippen molar-refractivity contribution in [3.63, 3.8) is 0 Å². The minimum Gasteiger partial charge on any atom is -0.502 e. The number of fused-ring (bicyclic) bond motifs is 2. The molecule has 0 aromatic carbocycles. The molecule has 17 heavy (non-hydrogen) atoms. The predicted molar refractivity (Wildman–Crippen MR) is 74.8 cm³/mol. The van der Waals surface area contributed by atoms with Crippen LogP contribution in [0.3, 0.4) is 0 Å². The first kappa shape index (κ1) is 14.3. The van der Waals surface area contributed by atoms with Gasteiger partial charge in [0.05, 0.1) is 12.9 Å². The summed E-state index contributed by atoms with van der Waals surface area (Å²) in [5, 5.41) is 0. The molecule has 3 unspecified atom stereocenters. The van der Waals surface area contributed by atoms with Gasteiger partial charge in [-0.1, -0.05) is 32.6 Å². The van der Waals surface area contributed by atoms with Crippen LogP contribution in [0.15, 0.2) is 25.0 Å². The lowest BCUT2D eigenvalue weighted by atomic mass is 9.90. The van der Waals surface area contributed by atoms with E-state index in [0.717, 1.165) is 24.4 Å². The second-order valence-corrected chi connectivity index (χ2v) is 4.97. The van der Waals surface area contributed by atoms with E-state index in [0.29, 0.717) is 0 Å². The second kappa shape index (κ2) is 8.38. The molecule has 2 aliphatic rings.